The van der Waals surface area contributed by atoms with Crippen LogP contribution in [-0.2, 0) is 6.54 Å². The molecule has 38 heavy (non-hydrogen) atoms. The van der Waals surface area contributed by atoms with Crippen LogP contribution in [0.3, 0.4) is 0 Å². The zero-order valence-electron chi connectivity index (χ0n) is 21.3. The number of aromatic nitrogens is 2. The predicted molar refractivity (Wildman–Crippen MR) is 152 cm³/mol. The minimum atomic E-state index is -0.119. The summed E-state index contributed by atoms with van der Waals surface area (Å²) in [7, 11) is 1.71. The van der Waals surface area contributed by atoms with Gasteiger partial charge in [0.25, 0.3) is 0 Å². The van der Waals surface area contributed by atoms with Crippen molar-refractivity contribution in [2.75, 3.05) is 16.9 Å². The van der Waals surface area contributed by atoms with E-state index < -0.39 is 0 Å². The van der Waals surface area contributed by atoms with E-state index in [9.17, 15) is 0 Å². The minimum Gasteiger partial charge on any atom is -0.497 e. The van der Waals surface area contributed by atoms with Crippen molar-refractivity contribution in [3.8, 4) is 11.4 Å². The third kappa shape index (κ3) is 3.49. The molecule has 0 unspecified atom stereocenters. The number of methoxy groups -OCH3 is 1. The zero-order valence-corrected chi connectivity index (χ0v) is 21.3. The van der Waals surface area contributed by atoms with Gasteiger partial charge in [-0.05, 0) is 54.4 Å². The molecule has 1 atom stereocenters. The Balaban J connectivity index is 1.49. The number of para-hydroxylation sites is 3. The van der Waals surface area contributed by atoms with E-state index in [0.717, 1.165) is 51.4 Å². The summed E-state index contributed by atoms with van der Waals surface area (Å²) in [5.74, 6) is 2.58. The Kier molecular flexibility index (Phi) is 5.25. The van der Waals surface area contributed by atoms with Crippen LogP contribution in [0.25, 0.3) is 5.69 Å². The first-order chi connectivity index (χ1) is 18.7. The van der Waals surface area contributed by atoms with E-state index in [1.54, 1.807) is 7.11 Å². The fourth-order valence-corrected chi connectivity index (χ4v) is 5.59. The van der Waals surface area contributed by atoms with E-state index in [1.165, 1.54) is 5.56 Å². The van der Waals surface area contributed by atoms with Crippen molar-refractivity contribution in [3.05, 3.63) is 132 Å². The molecule has 0 amide bonds. The van der Waals surface area contributed by atoms with Gasteiger partial charge in [0.2, 0.25) is 5.96 Å². The normalized spacial score (nSPS) is 15.5. The lowest BCUT2D eigenvalue weighted by Crippen LogP contribution is -2.42. The zero-order chi connectivity index (χ0) is 25.6. The van der Waals surface area contributed by atoms with Crippen LogP contribution in [-0.4, -0.2) is 22.8 Å². The highest BCUT2D eigenvalue weighted by atomic mass is 16.5. The van der Waals surface area contributed by atoms with Crippen LogP contribution >= 0.6 is 0 Å². The van der Waals surface area contributed by atoms with Crippen molar-refractivity contribution in [1.82, 2.24) is 9.78 Å². The van der Waals surface area contributed by atoms with Gasteiger partial charge >= 0.3 is 0 Å². The van der Waals surface area contributed by atoms with Crippen molar-refractivity contribution in [3.63, 3.8) is 0 Å². The largest absolute Gasteiger partial charge is 0.497 e. The van der Waals surface area contributed by atoms with Gasteiger partial charge < -0.3 is 9.64 Å². The highest BCUT2D eigenvalue weighted by Gasteiger charge is 2.44. The molecule has 0 N–H and O–H groups in total. The summed E-state index contributed by atoms with van der Waals surface area (Å²) in [6.45, 7) is 2.79. The van der Waals surface area contributed by atoms with Gasteiger partial charge in [-0.2, -0.15) is 10.1 Å². The number of nitrogens with zero attached hydrogens (tertiary/aromatic N) is 5. The van der Waals surface area contributed by atoms with E-state index in [4.69, 9.17) is 14.8 Å². The summed E-state index contributed by atoms with van der Waals surface area (Å²) in [4.78, 5) is 10.0. The molecule has 6 nitrogen and oxygen atoms in total. The smallest absolute Gasteiger partial charge is 0.213 e. The Morgan fingerprint density at radius 1 is 0.789 bits per heavy atom. The number of fused-ring (bicyclic) bond motifs is 4. The molecule has 0 saturated carbocycles. The third-order valence-electron chi connectivity index (χ3n) is 7.30. The number of hydrogen-bond acceptors (Lipinski definition) is 5. The highest BCUT2D eigenvalue weighted by molar-refractivity contribution is 6.18. The number of anilines is 2. The number of guanidine groups is 1. The summed E-state index contributed by atoms with van der Waals surface area (Å²) < 4.78 is 7.62. The lowest BCUT2D eigenvalue weighted by atomic mass is 9.95. The molecule has 0 spiro atoms. The molecule has 5 aromatic rings. The van der Waals surface area contributed by atoms with Crippen molar-refractivity contribution in [2.45, 2.75) is 19.5 Å². The second-order valence-corrected chi connectivity index (χ2v) is 9.59. The molecular formula is C32H27N5O. The van der Waals surface area contributed by atoms with Crippen molar-refractivity contribution in [2.24, 2.45) is 4.99 Å². The Morgan fingerprint density at radius 2 is 1.50 bits per heavy atom. The van der Waals surface area contributed by atoms with Crippen LogP contribution in [0.15, 0.2) is 114 Å². The first-order valence-electron chi connectivity index (χ1n) is 12.8. The standard InChI is InChI=1S/C32H27N5O/c1-22-29-30(24-14-11-17-26(20-24)38-2)36-28-19-10-9-18-27(28)35(21-23-12-5-3-6-13-23)32(36)33-31(29)37(34-22)25-15-7-4-8-16-25/h3-20,30H,21H2,1-2H3/t30-/m0/s1. The summed E-state index contributed by atoms with van der Waals surface area (Å²) in [5, 5.41) is 5.01. The quantitative estimate of drug-likeness (QED) is 0.268. The maximum atomic E-state index is 5.64. The summed E-state index contributed by atoms with van der Waals surface area (Å²) in [6, 6.07) is 37.6. The van der Waals surface area contributed by atoms with Gasteiger partial charge in [-0.3, -0.25) is 4.90 Å². The van der Waals surface area contributed by atoms with Crippen LogP contribution in [0.4, 0.5) is 17.2 Å². The molecule has 1 aromatic heterocycles. The van der Waals surface area contributed by atoms with Gasteiger partial charge in [-0.15, -0.1) is 0 Å². The van der Waals surface area contributed by atoms with Gasteiger partial charge in [0.05, 0.1) is 42.5 Å². The Hall–Kier alpha value is -4.84. The first-order valence-corrected chi connectivity index (χ1v) is 12.8. The van der Waals surface area contributed by atoms with E-state index in [0.29, 0.717) is 6.54 Å². The number of ether oxygens (including phenoxy) is 1. The lowest BCUT2D eigenvalue weighted by molar-refractivity contribution is 0.414. The number of hydrogen-bond donors (Lipinski definition) is 0. The van der Waals surface area contributed by atoms with Crippen molar-refractivity contribution in [1.29, 1.82) is 0 Å². The van der Waals surface area contributed by atoms with Gasteiger partial charge in [-0.1, -0.05) is 72.8 Å². The van der Waals surface area contributed by atoms with Crippen molar-refractivity contribution >= 4 is 23.2 Å². The molecular weight excluding hydrogens is 470 g/mol. The number of aryl methyl sites for hydroxylation is 1. The summed E-state index contributed by atoms with van der Waals surface area (Å²) in [6.07, 6.45) is 0. The summed E-state index contributed by atoms with van der Waals surface area (Å²) >= 11 is 0. The first kappa shape index (κ1) is 22.4. The maximum Gasteiger partial charge on any atom is 0.213 e. The van der Waals surface area contributed by atoms with Crippen molar-refractivity contribution < 1.29 is 4.74 Å². The predicted octanol–water partition coefficient (Wildman–Crippen LogP) is 6.81. The molecule has 6 heteroatoms. The van der Waals surface area contributed by atoms with Gasteiger partial charge in [0.15, 0.2) is 5.82 Å². The van der Waals surface area contributed by atoms with Gasteiger partial charge in [-0.25, -0.2) is 4.68 Å². The van der Waals surface area contributed by atoms with Crippen LogP contribution in [0.2, 0.25) is 0 Å². The van der Waals surface area contributed by atoms with Gasteiger partial charge in [0, 0.05) is 5.56 Å². The van der Waals surface area contributed by atoms with E-state index in [2.05, 4.69) is 102 Å². The topological polar surface area (TPSA) is 45.9 Å². The second kappa shape index (κ2) is 8.92. The molecule has 186 valence electrons. The summed E-state index contributed by atoms with van der Waals surface area (Å²) in [5.41, 5.74) is 7.68. The Morgan fingerprint density at radius 3 is 2.26 bits per heavy atom. The van der Waals surface area contributed by atoms with E-state index in [1.807, 2.05) is 28.9 Å². The molecule has 2 aliphatic heterocycles. The Labute approximate surface area is 222 Å². The monoisotopic (exact) mass is 497 g/mol. The molecule has 0 saturated heterocycles. The lowest BCUT2D eigenvalue weighted by Gasteiger charge is -2.35. The Bertz CT molecular complexity index is 1660. The number of aliphatic imine (C=N–C) groups is 1. The fourth-order valence-electron chi connectivity index (χ4n) is 5.59. The highest BCUT2D eigenvalue weighted by Crippen LogP contribution is 2.51. The average Bonchev–Trinajstić information content (AvgIpc) is 3.47. The molecule has 0 bridgehead atoms. The fraction of sp³-hybridized carbons (Fsp3) is 0.125. The molecule has 0 aliphatic carbocycles. The maximum absolute atomic E-state index is 5.64. The van der Waals surface area contributed by atoms with Crippen LogP contribution in [0.5, 0.6) is 5.75 Å². The third-order valence-corrected chi connectivity index (χ3v) is 7.30. The molecule has 0 fully saturated rings. The molecule has 3 heterocycles. The van der Waals surface area contributed by atoms with E-state index >= 15 is 0 Å². The average molecular weight is 498 g/mol. The minimum absolute atomic E-state index is 0.119. The van der Waals surface area contributed by atoms with Gasteiger partial charge in [0.1, 0.15) is 5.75 Å². The molecule has 0 radical (unpaired) electrons. The van der Waals surface area contributed by atoms with Crippen LogP contribution in [0, 0.1) is 6.92 Å². The number of benzene rings is 4. The SMILES string of the molecule is COc1cccc([C@H]2c3c(C)nn(-c4ccccc4)c3N=C3N(Cc4ccccc4)c4ccccc4N32)c1. The van der Waals surface area contributed by atoms with Crippen LogP contribution in [0.1, 0.15) is 28.4 Å². The second-order valence-electron chi connectivity index (χ2n) is 9.59. The molecule has 4 aromatic carbocycles. The van der Waals surface area contributed by atoms with E-state index in [-0.39, 0.29) is 6.04 Å². The molecule has 7 rings (SSSR count). The number of rotatable bonds is 5. The molecule has 2 aliphatic rings. The van der Waals surface area contributed by atoms with Crippen LogP contribution < -0.4 is 14.5 Å².